The summed E-state index contributed by atoms with van der Waals surface area (Å²) in [6.45, 7) is 0.148. The van der Waals surface area contributed by atoms with Gasteiger partial charge in [-0.3, -0.25) is 0 Å². The molecule has 1 aromatic rings. The van der Waals surface area contributed by atoms with Gasteiger partial charge in [0.1, 0.15) is 0 Å². The minimum Gasteiger partial charge on any atom is -0.316 e. The molecule has 0 heterocycles. The van der Waals surface area contributed by atoms with Gasteiger partial charge >= 0.3 is 6.18 Å². The molecule has 0 aliphatic carbocycles. The zero-order valence-corrected chi connectivity index (χ0v) is 8.21. The molecule has 14 heavy (non-hydrogen) atoms. The Morgan fingerprint density at radius 3 is 2.50 bits per heavy atom. The van der Waals surface area contributed by atoms with Crippen LogP contribution in [-0.4, -0.2) is 7.05 Å². The molecule has 0 aliphatic rings. The molecule has 0 bridgehead atoms. The van der Waals surface area contributed by atoms with Gasteiger partial charge in [0.2, 0.25) is 0 Å². The van der Waals surface area contributed by atoms with Crippen LogP contribution < -0.4 is 5.32 Å². The number of rotatable bonds is 2. The van der Waals surface area contributed by atoms with Crippen LogP contribution in [0.15, 0.2) is 18.2 Å². The lowest BCUT2D eigenvalue weighted by Gasteiger charge is -2.12. The summed E-state index contributed by atoms with van der Waals surface area (Å²) in [5.74, 6) is 0. The van der Waals surface area contributed by atoms with E-state index in [1.165, 1.54) is 12.1 Å². The molecule has 1 rings (SSSR count). The van der Waals surface area contributed by atoms with E-state index in [2.05, 4.69) is 5.32 Å². The second-order valence-electron chi connectivity index (χ2n) is 2.83. The van der Waals surface area contributed by atoms with Gasteiger partial charge in [-0.15, -0.1) is 0 Å². The highest BCUT2D eigenvalue weighted by Gasteiger charge is 2.32. The third-order valence-corrected chi connectivity index (χ3v) is 1.98. The van der Waals surface area contributed by atoms with E-state index in [4.69, 9.17) is 11.6 Å². The fraction of sp³-hybridized carbons (Fsp3) is 0.333. The van der Waals surface area contributed by atoms with Gasteiger partial charge in [0.15, 0.2) is 0 Å². The Hall–Kier alpha value is -0.740. The van der Waals surface area contributed by atoms with E-state index in [-0.39, 0.29) is 12.1 Å². The molecule has 0 amide bonds. The van der Waals surface area contributed by atoms with Crippen molar-refractivity contribution in [1.82, 2.24) is 5.32 Å². The van der Waals surface area contributed by atoms with Gasteiger partial charge in [-0.25, -0.2) is 0 Å². The third-order valence-electron chi connectivity index (χ3n) is 1.74. The van der Waals surface area contributed by atoms with Crippen molar-refractivity contribution in [3.63, 3.8) is 0 Å². The Balaban J connectivity index is 3.15. The van der Waals surface area contributed by atoms with Crippen LogP contribution in [-0.2, 0) is 12.7 Å². The Kier molecular flexibility index (Phi) is 3.39. The zero-order valence-electron chi connectivity index (χ0n) is 7.45. The van der Waals surface area contributed by atoms with Gasteiger partial charge in [0.05, 0.1) is 5.56 Å². The predicted octanol–water partition coefficient (Wildman–Crippen LogP) is 3.08. The molecule has 0 radical (unpaired) electrons. The van der Waals surface area contributed by atoms with E-state index in [0.29, 0.717) is 5.02 Å². The highest BCUT2D eigenvalue weighted by Crippen LogP contribution is 2.33. The monoisotopic (exact) mass is 223 g/mol. The zero-order chi connectivity index (χ0) is 10.8. The Bertz CT molecular complexity index is 322. The average Bonchev–Trinajstić information content (AvgIpc) is 2.02. The number of hydrogen-bond donors (Lipinski definition) is 1. The summed E-state index contributed by atoms with van der Waals surface area (Å²) < 4.78 is 37.3. The highest BCUT2D eigenvalue weighted by molar-refractivity contribution is 6.30. The first-order valence-electron chi connectivity index (χ1n) is 3.95. The van der Waals surface area contributed by atoms with Crippen LogP contribution in [0.5, 0.6) is 0 Å². The lowest BCUT2D eigenvalue weighted by Crippen LogP contribution is -2.14. The summed E-state index contributed by atoms with van der Waals surface area (Å²) in [6.07, 6.45) is -4.32. The van der Waals surface area contributed by atoms with Crippen LogP contribution in [0.1, 0.15) is 11.1 Å². The molecule has 0 saturated carbocycles. The molecule has 1 nitrogen and oxygen atoms in total. The lowest BCUT2D eigenvalue weighted by molar-refractivity contribution is -0.138. The van der Waals surface area contributed by atoms with Crippen molar-refractivity contribution in [3.8, 4) is 0 Å². The van der Waals surface area contributed by atoms with Gasteiger partial charge < -0.3 is 5.32 Å². The maximum Gasteiger partial charge on any atom is 0.416 e. The Labute approximate surface area is 84.9 Å². The first-order chi connectivity index (χ1) is 6.45. The smallest absolute Gasteiger partial charge is 0.316 e. The van der Waals surface area contributed by atoms with Crippen molar-refractivity contribution in [3.05, 3.63) is 34.3 Å². The summed E-state index contributed by atoms with van der Waals surface area (Å²) >= 11 is 5.61. The van der Waals surface area contributed by atoms with E-state index in [0.717, 1.165) is 6.07 Å². The standard InChI is InChI=1S/C9H9ClF3N/c1-14-5-6-4-7(10)2-3-8(6)9(11,12)13/h2-4,14H,5H2,1H3. The van der Waals surface area contributed by atoms with Crippen molar-refractivity contribution >= 4 is 11.6 Å². The average molecular weight is 224 g/mol. The van der Waals surface area contributed by atoms with Crippen molar-refractivity contribution in [2.45, 2.75) is 12.7 Å². The molecule has 0 spiro atoms. The summed E-state index contributed by atoms with van der Waals surface area (Å²) in [4.78, 5) is 0. The topological polar surface area (TPSA) is 12.0 Å². The van der Waals surface area contributed by atoms with E-state index < -0.39 is 11.7 Å². The largest absolute Gasteiger partial charge is 0.416 e. The molecule has 0 atom stereocenters. The van der Waals surface area contributed by atoms with Gasteiger partial charge in [0, 0.05) is 11.6 Å². The third kappa shape index (κ3) is 2.62. The first-order valence-corrected chi connectivity index (χ1v) is 4.33. The minimum absolute atomic E-state index is 0.148. The van der Waals surface area contributed by atoms with Crippen molar-refractivity contribution < 1.29 is 13.2 Å². The van der Waals surface area contributed by atoms with Crippen LogP contribution >= 0.6 is 11.6 Å². The maximum absolute atomic E-state index is 12.4. The number of halogens is 4. The number of alkyl halides is 3. The summed E-state index contributed by atoms with van der Waals surface area (Å²) in [6, 6.07) is 3.55. The van der Waals surface area contributed by atoms with Gasteiger partial charge in [0.25, 0.3) is 0 Å². The van der Waals surface area contributed by atoms with E-state index >= 15 is 0 Å². The molecule has 0 fully saturated rings. The van der Waals surface area contributed by atoms with Crippen molar-refractivity contribution in [1.29, 1.82) is 0 Å². The quantitative estimate of drug-likeness (QED) is 0.813. The Morgan fingerprint density at radius 2 is 2.00 bits per heavy atom. The molecule has 78 valence electrons. The molecular weight excluding hydrogens is 215 g/mol. The van der Waals surface area contributed by atoms with Crippen molar-refractivity contribution in [2.24, 2.45) is 0 Å². The predicted molar refractivity (Wildman–Crippen MR) is 49.2 cm³/mol. The molecule has 0 aliphatic heterocycles. The summed E-state index contributed by atoms with van der Waals surface area (Å²) in [7, 11) is 1.58. The highest BCUT2D eigenvalue weighted by atomic mass is 35.5. The first kappa shape index (κ1) is 11.3. The van der Waals surface area contributed by atoms with E-state index in [9.17, 15) is 13.2 Å². The molecule has 0 aromatic heterocycles. The number of benzene rings is 1. The molecular formula is C9H9ClF3N. The normalized spacial score (nSPS) is 11.8. The number of nitrogens with one attached hydrogen (secondary N) is 1. The second-order valence-corrected chi connectivity index (χ2v) is 3.27. The fourth-order valence-electron chi connectivity index (χ4n) is 1.18. The molecule has 5 heteroatoms. The van der Waals surface area contributed by atoms with E-state index in [1.807, 2.05) is 0 Å². The van der Waals surface area contributed by atoms with Crippen LogP contribution in [0, 0.1) is 0 Å². The van der Waals surface area contributed by atoms with Crippen LogP contribution in [0.25, 0.3) is 0 Å². The van der Waals surface area contributed by atoms with Gasteiger partial charge in [-0.2, -0.15) is 13.2 Å². The number of hydrogen-bond acceptors (Lipinski definition) is 1. The molecule has 0 unspecified atom stereocenters. The van der Waals surface area contributed by atoms with E-state index in [1.54, 1.807) is 7.05 Å². The van der Waals surface area contributed by atoms with Crippen molar-refractivity contribution in [2.75, 3.05) is 7.05 Å². The maximum atomic E-state index is 12.4. The second kappa shape index (κ2) is 4.19. The Morgan fingerprint density at radius 1 is 1.36 bits per heavy atom. The molecule has 0 saturated heterocycles. The fourth-order valence-corrected chi connectivity index (χ4v) is 1.37. The lowest BCUT2D eigenvalue weighted by atomic mass is 10.1. The van der Waals surface area contributed by atoms with Gasteiger partial charge in [-0.1, -0.05) is 11.6 Å². The van der Waals surface area contributed by atoms with Crippen LogP contribution in [0.3, 0.4) is 0 Å². The molecule has 1 N–H and O–H groups in total. The minimum atomic E-state index is -4.32. The van der Waals surface area contributed by atoms with Gasteiger partial charge in [-0.05, 0) is 30.8 Å². The van der Waals surface area contributed by atoms with Crippen LogP contribution in [0.4, 0.5) is 13.2 Å². The SMILES string of the molecule is CNCc1cc(Cl)ccc1C(F)(F)F. The molecule has 1 aromatic carbocycles. The van der Waals surface area contributed by atoms with Crippen LogP contribution in [0.2, 0.25) is 5.02 Å². The summed E-state index contributed by atoms with van der Waals surface area (Å²) in [5, 5.41) is 2.97. The summed E-state index contributed by atoms with van der Waals surface area (Å²) in [5.41, 5.74) is -0.483.